The second kappa shape index (κ2) is 5.89. The first-order valence-electron chi connectivity index (χ1n) is 6.40. The lowest BCUT2D eigenvalue weighted by Gasteiger charge is -2.24. The van der Waals surface area contributed by atoms with E-state index in [1.54, 1.807) is 18.1 Å². The molecule has 1 aromatic rings. The minimum atomic E-state index is -0.702. The molecular weight excluding hydrogens is 246 g/mol. The molecule has 0 saturated heterocycles. The Labute approximate surface area is 113 Å². The van der Waals surface area contributed by atoms with Gasteiger partial charge in [0.1, 0.15) is 12.1 Å². The van der Waals surface area contributed by atoms with Crippen molar-refractivity contribution in [1.82, 2.24) is 9.97 Å². The fourth-order valence-electron chi connectivity index (χ4n) is 2.31. The van der Waals surface area contributed by atoms with Crippen LogP contribution in [0.5, 0.6) is 0 Å². The highest BCUT2D eigenvalue weighted by atomic mass is 32.2. The molecule has 18 heavy (non-hydrogen) atoms. The summed E-state index contributed by atoms with van der Waals surface area (Å²) in [6.45, 7) is 2.38. The van der Waals surface area contributed by atoms with Crippen LogP contribution in [0, 0.1) is 0 Å². The fraction of sp³-hybridized carbons (Fsp3) is 0.692. The molecule has 0 aromatic carbocycles. The lowest BCUT2D eigenvalue weighted by molar-refractivity contribution is 0.0996. The van der Waals surface area contributed by atoms with Crippen molar-refractivity contribution in [1.29, 1.82) is 0 Å². The van der Waals surface area contributed by atoms with Crippen molar-refractivity contribution in [3.8, 4) is 0 Å². The van der Waals surface area contributed by atoms with Crippen LogP contribution in [-0.4, -0.2) is 39.2 Å². The largest absolute Gasteiger partial charge is 0.387 e. The molecule has 2 rings (SSSR count). The van der Waals surface area contributed by atoms with Gasteiger partial charge in [0, 0.05) is 23.6 Å². The average Bonchev–Trinajstić information content (AvgIpc) is 2.36. The smallest absolute Gasteiger partial charge is 0.132 e. The first-order chi connectivity index (χ1) is 8.62. The van der Waals surface area contributed by atoms with Crippen LogP contribution in [-0.2, 0) is 12.8 Å². The van der Waals surface area contributed by atoms with Crippen LogP contribution in [0.15, 0.2) is 6.33 Å². The number of aromatic nitrogens is 2. The van der Waals surface area contributed by atoms with E-state index in [2.05, 4.69) is 15.3 Å². The Balaban J connectivity index is 2.05. The average molecular weight is 267 g/mol. The molecule has 1 aliphatic carbocycles. The summed E-state index contributed by atoms with van der Waals surface area (Å²) in [5, 5.41) is 13.4. The normalized spacial score (nSPS) is 17.9. The lowest BCUT2D eigenvalue weighted by atomic mass is 9.96. The molecule has 0 saturated carbocycles. The predicted molar refractivity (Wildman–Crippen MR) is 76.2 cm³/mol. The van der Waals surface area contributed by atoms with Gasteiger partial charge in [-0.3, -0.25) is 0 Å². The lowest BCUT2D eigenvalue weighted by Crippen LogP contribution is -2.36. The molecule has 0 fully saturated rings. The number of aliphatic hydroxyl groups is 1. The number of hydrogen-bond acceptors (Lipinski definition) is 5. The number of anilines is 1. The molecule has 4 nitrogen and oxygen atoms in total. The Morgan fingerprint density at radius 2 is 2.17 bits per heavy atom. The molecule has 0 radical (unpaired) electrons. The van der Waals surface area contributed by atoms with Crippen LogP contribution in [0.2, 0.25) is 0 Å². The molecule has 0 aliphatic heterocycles. The number of nitrogens with zero attached hydrogens (tertiary/aromatic N) is 2. The van der Waals surface area contributed by atoms with Crippen molar-refractivity contribution >= 4 is 17.6 Å². The van der Waals surface area contributed by atoms with E-state index in [4.69, 9.17) is 0 Å². The summed E-state index contributed by atoms with van der Waals surface area (Å²) in [7, 11) is 0. The van der Waals surface area contributed by atoms with E-state index in [1.165, 1.54) is 24.1 Å². The summed E-state index contributed by atoms with van der Waals surface area (Å²) < 4.78 is 0. The van der Waals surface area contributed by atoms with Crippen molar-refractivity contribution < 1.29 is 5.11 Å². The maximum atomic E-state index is 10.2. The van der Waals surface area contributed by atoms with E-state index in [-0.39, 0.29) is 0 Å². The summed E-state index contributed by atoms with van der Waals surface area (Å²) in [6.07, 6.45) is 8.14. The van der Waals surface area contributed by atoms with E-state index < -0.39 is 5.60 Å². The second-order valence-electron chi connectivity index (χ2n) is 5.14. The van der Waals surface area contributed by atoms with Gasteiger partial charge in [0.05, 0.1) is 5.60 Å². The number of fused-ring (bicyclic) bond motifs is 1. The van der Waals surface area contributed by atoms with Gasteiger partial charge in [-0.2, -0.15) is 11.8 Å². The van der Waals surface area contributed by atoms with Crippen LogP contribution in [0.1, 0.15) is 31.0 Å². The molecule has 1 aromatic heterocycles. The van der Waals surface area contributed by atoms with E-state index in [0.717, 1.165) is 18.7 Å². The Morgan fingerprint density at radius 1 is 1.39 bits per heavy atom. The van der Waals surface area contributed by atoms with Gasteiger partial charge in [-0.05, 0) is 38.9 Å². The molecule has 1 heterocycles. The predicted octanol–water partition coefficient (Wildman–Crippen LogP) is 1.88. The molecule has 1 atom stereocenters. The number of aryl methyl sites for hydroxylation is 1. The van der Waals surface area contributed by atoms with Crippen molar-refractivity contribution in [3.63, 3.8) is 0 Å². The third-order valence-electron chi connectivity index (χ3n) is 3.22. The van der Waals surface area contributed by atoms with E-state index in [0.29, 0.717) is 12.3 Å². The van der Waals surface area contributed by atoms with Crippen molar-refractivity contribution in [2.45, 2.75) is 38.2 Å². The second-order valence-corrected chi connectivity index (χ2v) is 6.00. The van der Waals surface area contributed by atoms with Crippen LogP contribution >= 0.6 is 11.8 Å². The van der Waals surface area contributed by atoms with Gasteiger partial charge in [0.2, 0.25) is 0 Å². The topological polar surface area (TPSA) is 58.0 Å². The summed E-state index contributed by atoms with van der Waals surface area (Å²) >= 11 is 1.65. The zero-order valence-electron chi connectivity index (χ0n) is 11.1. The molecule has 2 N–H and O–H groups in total. The standard InChI is InChI=1S/C13H21N3OS/c1-13(17,8-18-2)7-14-12-10-5-3-4-6-11(10)15-9-16-12/h9,17H,3-8H2,1-2H3,(H,14,15,16). The molecule has 0 amide bonds. The molecule has 1 unspecified atom stereocenters. The number of rotatable bonds is 5. The van der Waals surface area contributed by atoms with Crippen LogP contribution in [0.4, 0.5) is 5.82 Å². The number of thioether (sulfide) groups is 1. The first-order valence-corrected chi connectivity index (χ1v) is 7.80. The molecule has 1 aliphatic rings. The minimum Gasteiger partial charge on any atom is -0.387 e. The Morgan fingerprint density at radius 3 is 2.94 bits per heavy atom. The third-order valence-corrected chi connectivity index (χ3v) is 4.13. The first kappa shape index (κ1) is 13.6. The van der Waals surface area contributed by atoms with Crippen LogP contribution in [0.3, 0.4) is 0 Å². The highest BCUT2D eigenvalue weighted by Crippen LogP contribution is 2.24. The Hall–Kier alpha value is -0.810. The summed E-state index contributed by atoms with van der Waals surface area (Å²) in [5.74, 6) is 1.62. The number of nitrogens with one attached hydrogen (secondary N) is 1. The van der Waals surface area contributed by atoms with Gasteiger partial charge in [0.25, 0.3) is 0 Å². The van der Waals surface area contributed by atoms with E-state index >= 15 is 0 Å². The summed E-state index contributed by atoms with van der Waals surface area (Å²) in [4.78, 5) is 8.66. The SMILES string of the molecule is CSCC(C)(O)CNc1ncnc2c1CCCC2. The number of hydrogen-bond donors (Lipinski definition) is 2. The highest BCUT2D eigenvalue weighted by molar-refractivity contribution is 7.98. The highest BCUT2D eigenvalue weighted by Gasteiger charge is 2.21. The van der Waals surface area contributed by atoms with Crippen molar-refractivity contribution in [2.24, 2.45) is 0 Å². The molecule has 5 heteroatoms. The van der Waals surface area contributed by atoms with Gasteiger partial charge in [0.15, 0.2) is 0 Å². The van der Waals surface area contributed by atoms with Crippen molar-refractivity contribution in [3.05, 3.63) is 17.6 Å². The summed E-state index contributed by atoms with van der Waals surface area (Å²) in [6, 6.07) is 0. The van der Waals surface area contributed by atoms with Gasteiger partial charge in [-0.15, -0.1) is 0 Å². The zero-order valence-corrected chi connectivity index (χ0v) is 11.9. The monoisotopic (exact) mass is 267 g/mol. The fourth-order valence-corrected chi connectivity index (χ4v) is 3.03. The maximum Gasteiger partial charge on any atom is 0.132 e. The van der Waals surface area contributed by atoms with Gasteiger partial charge in [-0.25, -0.2) is 9.97 Å². The zero-order chi connectivity index (χ0) is 13.0. The molecule has 100 valence electrons. The van der Waals surface area contributed by atoms with Crippen LogP contribution in [0.25, 0.3) is 0 Å². The minimum absolute atomic E-state index is 0.525. The Kier molecular flexibility index (Phi) is 4.45. The van der Waals surface area contributed by atoms with Crippen molar-refractivity contribution in [2.75, 3.05) is 23.9 Å². The van der Waals surface area contributed by atoms with E-state index in [9.17, 15) is 5.11 Å². The summed E-state index contributed by atoms with van der Waals surface area (Å²) in [5.41, 5.74) is 1.71. The maximum absolute atomic E-state index is 10.2. The molecule has 0 spiro atoms. The van der Waals surface area contributed by atoms with Crippen LogP contribution < -0.4 is 5.32 Å². The molecular formula is C13H21N3OS. The van der Waals surface area contributed by atoms with E-state index in [1.807, 2.05) is 13.2 Å². The Bertz CT molecular complexity index is 409. The quantitative estimate of drug-likeness (QED) is 0.853. The van der Waals surface area contributed by atoms with Gasteiger partial charge >= 0.3 is 0 Å². The molecule has 0 bridgehead atoms. The third kappa shape index (κ3) is 3.36. The van der Waals surface area contributed by atoms with Gasteiger partial charge in [-0.1, -0.05) is 0 Å². The van der Waals surface area contributed by atoms with Gasteiger partial charge < -0.3 is 10.4 Å².